The van der Waals surface area contributed by atoms with Crippen molar-refractivity contribution in [3.05, 3.63) is 44.4 Å². The van der Waals surface area contributed by atoms with Gasteiger partial charge in [0.05, 0.1) is 29.3 Å². The summed E-state index contributed by atoms with van der Waals surface area (Å²) in [5.74, 6) is 0.240. The summed E-state index contributed by atoms with van der Waals surface area (Å²) in [6, 6.07) is 4.69. The van der Waals surface area contributed by atoms with Gasteiger partial charge in [-0.05, 0) is 13.0 Å². The average molecular weight is 279 g/mol. The maximum absolute atomic E-state index is 10.8. The Labute approximate surface area is 114 Å². The largest absolute Gasteiger partial charge is 0.490 e. The van der Waals surface area contributed by atoms with Crippen molar-refractivity contribution >= 4 is 22.7 Å². The predicted octanol–water partition coefficient (Wildman–Crippen LogP) is 2.98. The van der Waals surface area contributed by atoms with Crippen LogP contribution < -0.4 is 10.1 Å². The van der Waals surface area contributed by atoms with Crippen molar-refractivity contribution in [2.24, 2.45) is 0 Å². The summed E-state index contributed by atoms with van der Waals surface area (Å²) in [5.41, 5.74) is 1.66. The lowest BCUT2D eigenvalue weighted by Crippen LogP contribution is -2.01. The zero-order valence-corrected chi connectivity index (χ0v) is 11.4. The summed E-state index contributed by atoms with van der Waals surface area (Å²) in [5, 5.41) is 16.9. The molecule has 6 nitrogen and oxygen atoms in total. The standard InChI is InChI=1S/C12H13N3O3S/c1-8-14-10(7-19-8)6-13-9-3-4-11(15(16)17)12(5-9)18-2/h3-5,7,13H,6H2,1-2H3. The zero-order valence-electron chi connectivity index (χ0n) is 10.5. The van der Waals surface area contributed by atoms with Gasteiger partial charge in [-0.15, -0.1) is 11.3 Å². The molecule has 0 saturated carbocycles. The van der Waals surface area contributed by atoms with Crippen molar-refractivity contribution in [2.45, 2.75) is 13.5 Å². The highest BCUT2D eigenvalue weighted by molar-refractivity contribution is 7.09. The molecule has 0 aliphatic rings. The van der Waals surface area contributed by atoms with E-state index in [0.717, 1.165) is 16.4 Å². The molecule has 0 amide bonds. The van der Waals surface area contributed by atoms with Crippen LogP contribution in [0.3, 0.4) is 0 Å². The van der Waals surface area contributed by atoms with Gasteiger partial charge in [-0.1, -0.05) is 0 Å². The van der Waals surface area contributed by atoms with Crippen LogP contribution in [0.15, 0.2) is 23.6 Å². The maximum atomic E-state index is 10.8. The highest BCUT2D eigenvalue weighted by Crippen LogP contribution is 2.29. The first kappa shape index (κ1) is 13.3. The Hall–Kier alpha value is -2.15. The fraction of sp³-hybridized carbons (Fsp3) is 0.250. The number of nitro benzene ring substituents is 1. The van der Waals surface area contributed by atoms with E-state index >= 15 is 0 Å². The summed E-state index contributed by atoms with van der Waals surface area (Å²) in [7, 11) is 1.41. The third-order valence-electron chi connectivity index (χ3n) is 2.52. The van der Waals surface area contributed by atoms with Crippen molar-refractivity contribution in [1.82, 2.24) is 4.98 Å². The monoisotopic (exact) mass is 279 g/mol. The molecule has 2 rings (SSSR count). The SMILES string of the molecule is COc1cc(NCc2csc(C)n2)ccc1[N+](=O)[O-]. The number of ether oxygens (including phenoxy) is 1. The van der Waals surface area contributed by atoms with E-state index in [4.69, 9.17) is 4.74 Å². The molecule has 0 unspecified atom stereocenters. The third-order valence-corrected chi connectivity index (χ3v) is 3.34. The van der Waals surface area contributed by atoms with Gasteiger partial charge in [-0.2, -0.15) is 0 Å². The Morgan fingerprint density at radius 1 is 1.53 bits per heavy atom. The van der Waals surface area contributed by atoms with Gasteiger partial charge in [0, 0.05) is 23.2 Å². The Morgan fingerprint density at radius 2 is 2.32 bits per heavy atom. The first-order valence-corrected chi connectivity index (χ1v) is 6.45. The lowest BCUT2D eigenvalue weighted by molar-refractivity contribution is -0.385. The van der Waals surface area contributed by atoms with Gasteiger partial charge in [0.25, 0.3) is 0 Å². The second kappa shape index (κ2) is 5.66. The van der Waals surface area contributed by atoms with Gasteiger partial charge in [-0.25, -0.2) is 4.98 Å². The molecule has 7 heteroatoms. The quantitative estimate of drug-likeness (QED) is 0.672. The van der Waals surface area contributed by atoms with E-state index in [0.29, 0.717) is 6.54 Å². The molecule has 0 aliphatic heterocycles. The molecule has 0 radical (unpaired) electrons. The number of nitro groups is 1. The van der Waals surface area contributed by atoms with Crippen molar-refractivity contribution in [3.8, 4) is 5.75 Å². The van der Waals surface area contributed by atoms with E-state index in [1.165, 1.54) is 13.2 Å². The fourth-order valence-corrected chi connectivity index (χ4v) is 2.23. The topological polar surface area (TPSA) is 77.3 Å². The van der Waals surface area contributed by atoms with E-state index in [1.54, 1.807) is 23.5 Å². The third kappa shape index (κ3) is 3.19. The van der Waals surface area contributed by atoms with E-state index < -0.39 is 4.92 Å². The normalized spacial score (nSPS) is 10.2. The number of hydrogen-bond acceptors (Lipinski definition) is 6. The van der Waals surface area contributed by atoms with Crippen molar-refractivity contribution in [1.29, 1.82) is 0 Å². The minimum absolute atomic E-state index is 0.0439. The highest BCUT2D eigenvalue weighted by atomic mass is 32.1. The lowest BCUT2D eigenvalue weighted by atomic mass is 10.2. The Balaban J connectivity index is 2.11. The van der Waals surface area contributed by atoms with Crippen molar-refractivity contribution < 1.29 is 9.66 Å². The number of thiazole rings is 1. The van der Waals surface area contributed by atoms with Crippen LogP contribution in [-0.2, 0) is 6.54 Å². The van der Waals surface area contributed by atoms with E-state index in [1.807, 2.05) is 12.3 Å². The van der Waals surface area contributed by atoms with Gasteiger partial charge in [0.2, 0.25) is 0 Å². The van der Waals surface area contributed by atoms with Crippen LogP contribution in [0.2, 0.25) is 0 Å². The average Bonchev–Trinajstić information content (AvgIpc) is 2.81. The number of aromatic nitrogens is 1. The Kier molecular flexibility index (Phi) is 3.96. The van der Waals surface area contributed by atoms with Crippen LogP contribution in [0.1, 0.15) is 10.7 Å². The minimum atomic E-state index is -0.466. The maximum Gasteiger partial charge on any atom is 0.311 e. The first-order valence-electron chi connectivity index (χ1n) is 5.57. The second-order valence-electron chi connectivity index (χ2n) is 3.86. The van der Waals surface area contributed by atoms with Gasteiger partial charge in [0.15, 0.2) is 5.75 Å². The number of nitrogens with one attached hydrogen (secondary N) is 1. The van der Waals surface area contributed by atoms with Crippen LogP contribution in [0.25, 0.3) is 0 Å². The summed E-state index contributed by atoms with van der Waals surface area (Å²) >= 11 is 1.59. The second-order valence-corrected chi connectivity index (χ2v) is 4.92. The number of methoxy groups -OCH3 is 1. The number of nitrogens with zero attached hydrogens (tertiary/aromatic N) is 2. The zero-order chi connectivity index (χ0) is 13.8. The van der Waals surface area contributed by atoms with Crippen LogP contribution in [0.4, 0.5) is 11.4 Å². The number of anilines is 1. The van der Waals surface area contributed by atoms with E-state index in [-0.39, 0.29) is 11.4 Å². The van der Waals surface area contributed by atoms with Gasteiger partial charge >= 0.3 is 5.69 Å². The molecule has 0 aliphatic carbocycles. The molecular weight excluding hydrogens is 266 g/mol. The molecule has 19 heavy (non-hydrogen) atoms. The smallest absolute Gasteiger partial charge is 0.311 e. The van der Waals surface area contributed by atoms with Crippen molar-refractivity contribution in [2.75, 3.05) is 12.4 Å². The van der Waals surface area contributed by atoms with Crippen LogP contribution in [0.5, 0.6) is 5.75 Å². The predicted molar refractivity (Wildman–Crippen MR) is 73.8 cm³/mol. The molecule has 1 aromatic heterocycles. The lowest BCUT2D eigenvalue weighted by Gasteiger charge is -2.07. The summed E-state index contributed by atoms with van der Waals surface area (Å²) in [4.78, 5) is 14.6. The van der Waals surface area contributed by atoms with Gasteiger partial charge in [-0.3, -0.25) is 10.1 Å². The van der Waals surface area contributed by atoms with E-state index in [9.17, 15) is 10.1 Å². The minimum Gasteiger partial charge on any atom is -0.490 e. The van der Waals surface area contributed by atoms with Crippen molar-refractivity contribution in [3.63, 3.8) is 0 Å². The van der Waals surface area contributed by atoms with Gasteiger partial charge < -0.3 is 10.1 Å². The molecular formula is C12H13N3O3S. The molecule has 0 atom stereocenters. The Morgan fingerprint density at radius 3 is 2.89 bits per heavy atom. The number of hydrogen-bond donors (Lipinski definition) is 1. The Bertz CT molecular complexity index is 598. The molecule has 1 heterocycles. The van der Waals surface area contributed by atoms with Crippen LogP contribution >= 0.6 is 11.3 Å². The molecule has 0 bridgehead atoms. The number of aryl methyl sites for hydroxylation is 1. The molecule has 0 spiro atoms. The summed E-state index contributed by atoms with van der Waals surface area (Å²) in [6.45, 7) is 2.52. The molecule has 0 fully saturated rings. The number of rotatable bonds is 5. The highest BCUT2D eigenvalue weighted by Gasteiger charge is 2.14. The fourth-order valence-electron chi connectivity index (χ4n) is 1.62. The van der Waals surface area contributed by atoms with Crippen LogP contribution in [-0.4, -0.2) is 17.0 Å². The van der Waals surface area contributed by atoms with Crippen LogP contribution in [0, 0.1) is 17.0 Å². The molecule has 100 valence electrons. The molecule has 2 aromatic rings. The summed E-state index contributed by atoms with van der Waals surface area (Å²) in [6.07, 6.45) is 0. The molecule has 1 aromatic carbocycles. The van der Waals surface area contributed by atoms with E-state index in [2.05, 4.69) is 10.3 Å². The van der Waals surface area contributed by atoms with Gasteiger partial charge in [0.1, 0.15) is 0 Å². The molecule has 1 N–H and O–H groups in total. The first-order chi connectivity index (χ1) is 9.10. The molecule has 0 saturated heterocycles. The number of benzene rings is 1. The summed E-state index contributed by atoms with van der Waals surface area (Å²) < 4.78 is 5.01.